The van der Waals surface area contributed by atoms with Crippen LogP contribution in [-0.4, -0.2) is 44.0 Å². The number of nitrogens with zero attached hydrogens (tertiary/aromatic N) is 4. The summed E-state index contributed by atoms with van der Waals surface area (Å²) in [6, 6.07) is 10.9. The zero-order valence-corrected chi connectivity index (χ0v) is 10.1. The van der Waals surface area contributed by atoms with Crippen LogP contribution in [0.15, 0.2) is 39.7 Å². The average Bonchev–Trinajstić information content (AvgIpc) is 2.91. The summed E-state index contributed by atoms with van der Waals surface area (Å²) >= 11 is 0. The van der Waals surface area contributed by atoms with Gasteiger partial charge in [-0.2, -0.15) is 0 Å². The van der Waals surface area contributed by atoms with E-state index in [0.29, 0.717) is 0 Å². The van der Waals surface area contributed by atoms with Crippen LogP contribution in [0.1, 0.15) is 5.56 Å². The molecular weight excluding hydrogens is 228 g/mol. The van der Waals surface area contributed by atoms with Crippen molar-refractivity contribution < 1.29 is 4.74 Å². The van der Waals surface area contributed by atoms with E-state index in [0.717, 1.165) is 38.4 Å². The highest BCUT2D eigenvalue weighted by molar-refractivity contribution is 5.74. The van der Waals surface area contributed by atoms with Crippen molar-refractivity contribution in [3.05, 3.63) is 35.9 Å². The molecule has 0 spiro atoms. The van der Waals surface area contributed by atoms with E-state index in [1.165, 1.54) is 0 Å². The summed E-state index contributed by atoms with van der Waals surface area (Å²) in [6.07, 6.45) is 1.83. The smallest absolute Gasteiger partial charge is 0.158 e. The Hall–Kier alpha value is -1.59. The summed E-state index contributed by atoms with van der Waals surface area (Å²) < 4.78 is 5.37. The van der Waals surface area contributed by atoms with Crippen molar-refractivity contribution in [1.82, 2.24) is 4.90 Å². The second-order valence-electron chi connectivity index (χ2n) is 4.54. The highest BCUT2D eigenvalue weighted by Gasteiger charge is 2.35. The van der Waals surface area contributed by atoms with Gasteiger partial charge in [-0.15, -0.1) is 10.2 Å². The molecule has 2 aliphatic heterocycles. The monoisotopic (exact) mass is 243 g/mol. The third-order valence-electron chi connectivity index (χ3n) is 3.33. The van der Waals surface area contributed by atoms with Gasteiger partial charge in [-0.1, -0.05) is 24.3 Å². The zero-order chi connectivity index (χ0) is 12.3. The Balaban J connectivity index is 1.84. The number of benzene rings is 1. The minimum absolute atomic E-state index is 0.438. The minimum atomic E-state index is -0.438. The molecule has 0 bridgehead atoms. The highest BCUT2D eigenvalue weighted by Crippen LogP contribution is 2.29. The van der Waals surface area contributed by atoms with Gasteiger partial charge < -0.3 is 4.74 Å². The molecule has 1 saturated heterocycles. The molecule has 1 atom stereocenters. The van der Waals surface area contributed by atoms with E-state index in [2.05, 4.69) is 26.4 Å². The van der Waals surface area contributed by atoms with E-state index in [4.69, 9.17) is 4.74 Å². The summed E-state index contributed by atoms with van der Waals surface area (Å²) in [4.78, 5) is 2.34. The average molecular weight is 243 g/mol. The molecular formula is C13H15N4O. The van der Waals surface area contributed by atoms with Gasteiger partial charge in [0.15, 0.2) is 5.54 Å². The van der Waals surface area contributed by atoms with Crippen LogP contribution in [-0.2, 0) is 10.3 Å². The Morgan fingerprint density at radius 1 is 1.28 bits per heavy atom. The molecule has 0 amide bonds. The van der Waals surface area contributed by atoms with Crippen molar-refractivity contribution >= 4 is 6.21 Å². The molecule has 5 heteroatoms. The van der Waals surface area contributed by atoms with Gasteiger partial charge in [0.2, 0.25) is 0 Å². The minimum Gasteiger partial charge on any atom is -0.379 e. The lowest BCUT2D eigenvalue weighted by Crippen LogP contribution is -2.45. The molecule has 1 unspecified atom stereocenters. The first kappa shape index (κ1) is 11.5. The summed E-state index contributed by atoms with van der Waals surface area (Å²) in [5, 5.41) is 12.1. The molecule has 2 aliphatic rings. The maximum Gasteiger partial charge on any atom is 0.158 e. The van der Waals surface area contributed by atoms with E-state index in [1.54, 1.807) is 0 Å². The zero-order valence-electron chi connectivity index (χ0n) is 10.1. The first-order valence-electron chi connectivity index (χ1n) is 6.12. The molecule has 18 heavy (non-hydrogen) atoms. The number of hydrogen-bond acceptors (Lipinski definition) is 5. The van der Waals surface area contributed by atoms with Gasteiger partial charge in [0.05, 0.1) is 19.4 Å². The lowest BCUT2D eigenvalue weighted by atomic mass is 9.91. The molecule has 1 fully saturated rings. The molecule has 0 N–H and O–H groups in total. The SMILES string of the molecule is [c]1ccc(C2(CN3CCOCC3)C=NN=N2)cc1. The molecule has 1 radical (unpaired) electrons. The maximum atomic E-state index is 5.37. The predicted molar refractivity (Wildman–Crippen MR) is 67.6 cm³/mol. The van der Waals surface area contributed by atoms with E-state index >= 15 is 0 Å². The summed E-state index contributed by atoms with van der Waals surface area (Å²) in [6.45, 7) is 4.24. The molecule has 3 rings (SSSR count). The second-order valence-corrected chi connectivity index (χ2v) is 4.54. The lowest BCUT2D eigenvalue weighted by Gasteiger charge is -2.32. The molecule has 0 saturated carbocycles. The van der Waals surface area contributed by atoms with E-state index in [-0.39, 0.29) is 0 Å². The topological polar surface area (TPSA) is 49.5 Å². The quantitative estimate of drug-likeness (QED) is 0.807. The molecule has 0 aliphatic carbocycles. The van der Waals surface area contributed by atoms with Crippen molar-refractivity contribution in [1.29, 1.82) is 0 Å². The van der Waals surface area contributed by atoms with Gasteiger partial charge in [-0.3, -0.25) is 4.90 Å². The molecule has 1 aromatic rings. The van der Waals surface area contributed by atoms with Gasteiger partial charge in [-0.25, -0.2) is 0 Å². The Morgan fingerprint density at radius 2 is 2.06 bits per heavy atom. The van der Waals surface area contributed by atoms with Crippen molar-refractivity contribution in [3.63, 3.8) is 0 Å². The number of hydrogen-bond donors (Lipinski definition) is 0. The molecule has 93 valence electrons. The van der Waals surface area contributed by atoms with Gasteiger partial charge >= 0.3 is 0 Å². The normalized spacial score (nSPS) is 27.8. The predicted octanol–water partition coefficient (Wildman–Crippen LogP) is 1.47. The Labute approximate surface area is 106 Å². The first-order chi connectivity index (χ1) is 8.89. The van der Waals surface area contributed by atoms with E-state index < -0.39 is 5.54 Å². The van der Waals surface area contributed by atoms with Crippen molar-refractivity contribution in [2.75, 3.05) is 32.8 Å². The summed E-state index contributed by atoms with van der Waals surface area (Å²) in [5.74, 6) is 0. The van der Waals surface area contributed by atoms with Crippen LogP contribution in [0.4, 0.5) is 0 Å². The highest BCUT2D eigenvalue weighted by atomic mass is 16.5. The van der Waals surface area contributed by atoms with E-state index in [1.807, 2.05) is 30.5 Å². The second kappa shape index (κ2) is 4.96. The standard InChI is InChI=1S/C13H15N4O/c1-2-4-12(5-3-1)13(10-14-16-15-13)11-17-6-8-18-9-7-17/h2-5,10H,6-9,11H2. The summed E-state index contributed by atoms with van der Waals surface area (Å²) in [7, 11) is 0. The van der Waals surface area contributed by atoms with Crippen LogP contribution < -0.4 is 0 Å². The molecule has 2 heterocycles. The molecule has 0 aromatic heterocycles. The fraction of sp³-hybridized carbons (Fsp3) is 0.462. The first-order valence-corrected chi connectivity index (χ1v) is 6.12. The Bertz CT molecular complexity index is 439. The van der Waals surface area contributed by atoms with Gasteiger partial charge in [-0.05, 0) is 16.9 Å². The van der Waals surface area contributed by atoms with Crippen LogP contribution in [0.25, 0.3) is 0 Å². The van der Waals surface area contributed by atoms with Crippen LogP contribution in [0.2, 0.25) is 0 Å². The largest absolute Gasteiger partial charge is 0.379 e. The summed E-state index contributed by atoms with van der Waals surface area (Å²) in [5.41, 5.74) is 0.671. The van der Waals surface area contributed by atoms with Crippen molar-refractivity contribution in [2.45, 2.75) is 5.54 Å². The third-order valence-corrected chi connectivity index (χ3v) is 3.33. The van der Waals surface area contributed by atoms with Crippen LogP contribution >= 0.6 is 0 Å². The van der Waals surface area contributed by atoms with Crippen LogP contribution in [0.5, 0.6) is 0 Å². The number of ether oxygens (including phenoxy) is 1. The van der Waals surface area contributed by atoms with Crippen molar-refractivity contribution in [2.24, 2.45) is 15.4 Å². The number of rotatable bonds is 3. The van der Waals surface area contributed by atoms with Crippen molar-refractivity contribution in [3.8, 4) is 0 Å². The van der Waals surface area contributed by atoms with Gasteiger partial charge in [0.25, 0.3) is 0 Å². The van der Waals surface area contributed by atoms with Gasteiger partial charge in [0, 0.05) is 19.6 Å². The lowest BCUT2D eigenvalue weighted by molar-refractivity contribution is 0.0323. The third kappa shape index (κ3) is 2.19. The van der Waals surface area contributed by atoms with Gasteiger partial charge in [0.1, 0.15) is 0 Å². The number of morpholine rings is 1. The Kier molecular flexibility index (Phi) is 3.17. The molecule has 5 nitrogen and oxygen atoms in total. The molecule has 1 aromatic carbocycles. The fourth-order valence-corrected chi connectivity index (χ4v) is 2.32. The van der Waals surface area contributed by atoms with E-state index in [9.17, 15) is 0 Å². The van der Waals surface area contributed by atoms with Crippen LogP contribution in [0, 0.1) is 6.07 Å². The fourth-order valence-electron chi connectivity index (χ4n) is 2.32. The Morgan fingerprint density at radius 3 is 2.72 bits per heavy atom. The maximum absolute atomic E-state index is 5.37. The van der Waals surface area contributed by atoms with Crippen LogP contribution in [0.3, 0.4) is 0 Å².